The van der Waals surface area contributed by atoms with Crippen LogP contribution in [0.25, 0.3) is 10.8 Å². The summed E-state index contributed by atoms with van der Waals surface area (Å²) in [4.78, 5) is 9.49. The van der Waals surface area contributed by atoms with Crippen LogP contribution in [0.15, 0.2) is 70.7 Å². The van der Waals surface area contributed by atoms with Gasteiger partial charge in [0.05, 0.1) is 17.1 Å². The second kappa shape index (κ2) is 11.3. The van der Waals surface area contributed by atoms with E-state index in [2.05, 4.69) is 32.7 Å². The highest BCUT2D eigenvalue weighted by Crippen LogP contribution is 2.16. The van der Waals surface area contributed by atoms with E-state index >= 15 is 0 Å². The second-order valence-electron chi connectivity index (χ2n) is 6.77. The van der Waals surface area contributed by atoms with Crippen LogP contribution in [0, 0.1) is 0 Å². The molecule has 0 radical (unpaired) electrons. The Kier molecular flexibility index (Phi) is 9.04. The molecule has 0 saturated heterocycles. The number of guanidine groups is 1. The molecule has 2 N–H and O–H groups in total. The summed E-state index contributed by atoms with van der Waals surface area (Å²) in [5, 5.41) is 8.84. The van der Waals surface area contributed by atoms with Gasteiger partial charge in [0.25, 0.3) is 0 Å². The fourth-order valence-electron chi connectivity index (χ4n) is 3.03. The fraction of sp³-hybridized carbons (Fsp3) is 0.273. The molecule has 30 heavy (non-hydrogen) atoms. The molecule has 0 atom stereocenters. The number of nitrogens with one attached hydrogen (secondary N) is 2. The minimum atomic E-state index is -3.16. The minimum Gasteiger partial charge on any atom is -0.357 e. The molecule has 0 bridgehead atoms. The highest BCUT2D eigenvalue weighted by molar-refractivity contribution is 14.0. The highest BCUT2D eigenvalue weighted by atomic mass is 127. The third-order valence-corrected chi connectivity index (χ3v) is 5.67. The lowest BCUT2D eigenvalue weighted by molar-refractivity contribution is 0.602. The number of hydrogen-bond donors (Lipinski definition) is 2. The zero-order chi connectivity index (χ0) is 20.7. The molecule has 0 saturated carbocycles. The van der Waals surface area contributed by atoms with Crippen molar-refractivity contribution >= 4 is 50.5 Å². The van der Waals surface area contributed by atoms with Gasteiger partial charge in [0.1, 0.15) is 0 Å². The first kappa shape index (κ1) is 24.1. The molecule has 0 aliphatic heterocycles. The highest BCUT2D eigenvalue weighted by Gasteiger charge is 2.06. The number of benzene rings is 2. The van der Waals surface area contributed by atoms with Crippen LogP contribution < -0.4 is 10.6 Å². The average Bonchev–Trinajstić information content (AvgIpc) is 2.71. The summed E-state index contributed by atoms with van der Waals surface area (Å²) in [5.41, 5.74) is 2.01. The van der Waals surface area contributed by atoms with Crippen LogP contribution in [-0.2, 0) is 22.8 Å². The summed E-state index contributed by atoms with van der Waals surface area (Å²) >= 11 is 0. The lowest BCUT2D eigenvalue weighted by atomic mass is 10.1. The first-order chi connectivity index (χ1) is 14.0. The van der Waals surface area contributed by atoms with Crippen LogP contribution in [0.3, 0.4) is 0 Å². The van der Waals surface area contributed by atoms with Gasteiger partial charge in [-0.25, -0.2) is 13.4 Å². The molecule has 0 amide bonds. The molecule has 3 rings (SSSR count). The van der Waals surface area contributed by atoms with Crippen molar-refractivity contribution in [2.45, 2.75) is 24.8 Å². The van der Waals surface area contributed by atoms with Gasteiger partial charge in [0, 0.05) is 30.9 Å². The van der Waals surface area contributed by atoms with Gasteiger partial charge in [0.15, 0.2) is 15.8 Å². The molecule has 160 valence electrons. The number of rotatable bonds is 7. The van der Waals surface area contributed by atoms with Gasteiger partial charge >= 0.3 is 0 Å². The smallest absolute Gasteiger partial charge is 0.191 e. The Balaban J connectivity index is 0.00000320. The van der Waals surface area contributed by atoms with Gasteiger partial charge in [-0.3, -0.25) is 4.98 Å². The molecule has 2 aromatic carbocycles. The summed E-state index contributed by atoms with van der Waals surface area (Å²) in [6.07, 6.45) is 3.79. The van der Waals surface area contributed by atoms with E-state index in [1.54, 1.807) is 12.1 Å². The Morgan fingerprint density at radius 2 is 1.77 bits per heavy atom. The maximum absolute atomic E-state index is 11.5. The summed E-state index contributed by atoms with van der Waals surface area (Å²) < 4.78 is 23.1. The first-order valence-corrected chi connectivity index (χ1v) is 11.5. The number of fused-ring (bicyclic) bond motifs is 1. The van der Waals surface area contributed by atoms with Crippen molar-refractivity contribution in [1.29, 1.82) is 0 Å². The number of aliphatic imine (C=N–C) groups is 1. The van der Waals surface area contributed by atoms with Gasteiger partial charge in [0.2, 0.25) is 0 Å². The Bertz CT molecular complexity index is 1090. The van der Waals surface area contributed by atoms with Crippen LogP contribution in [0.2, 0.25) is 0 Å². The van der Waals surface area contributed by atoms with Gasteiger partial charge in [-0.1, -0.05) is 36.4 Å². The number of nitrogens with zero attached hydrogens (tertiary/aromatic N) is 2. The van der Waals surface area contributed by atoms with Crippen molar-refractivity contribution in [3.05, 3.63) is 72.1 Å². The Morgan fingerprint density at radius 3 is 2.47 bits per heavy atom. The van der Waals surface area contributed by atoms with Crippen molar-refractivity contribution < 1.29 is 8.42 Å². The van der Waals surface area contributed by atoms with Crippen molar-refractivity contribution in [2.75, 3.05) is 19.3 Å². The van der Waals surface area contributed by atoms with E-state index in [4.69, 9.17) is 0 Å². The molecular weight excluding hydrogens is 511 g/mol. The Labute approximate surface area is 195 Å². The van der Waals surface area contributed by atoms with Gasteiger partial charge in [-0.05, 0) is 42.5 Å². The SMILES string of the molecule is CCNC(=NCc1nccc2ccccc12)NCCc1ccc(S(C)(=O)=O)cc1.I. The zero-order valence-electron chi connectivity index (χ0n) is 17.1. The van der Waals surface area contributed by atoms with E-state index < -0.39 is 9.84 Å². The largest absolute Gasteiger partial charge is 0.357 e. The summed E-state index contributed by atoms with van der Waals surface area (Å²) in [6, 6.07) is 17.2. The van der Waals surface area contributed by atoms with E-state index in [1.807, 2.05) is 43.5 Å². The molecule has 0 spiro atoms. The van der Waals surface area contributed by atoms with Crippen LogP contribution in [0.4, 0.5) is 0 Å². The summed E-state index contributed by atoms with van der Waals surface area (Å²) in [6.45, 7) is 3.96. The predicted octanol–water partition coefficient (Wildman–Crippen LogP) is 3.55. The molecular formula is C22H27IN4O2S. The van der Waals surface area contributed by atoms with Crippen molar-refractivity contribution in [2.24, 2.45) is 4.99 Å². The second-order valence-corrected chi connectivity index (χ2v) is 8.78. The van der Waals surface area contributed by atoms with Crippen molar-refractivity contribution in [3.63, 3.8) is 0 Å². The zero-order valence-corrected chi connectivity index (χ0v) is 20.3. The number of halogens is 1. The normalized spacial score (nSPS) is 11.7. The van der Waals surface area contributed by atoms with E-state index in [0.717, 1.165) is 41.0 Å². The monoisotopic (exact) mass is 538 g/mol. The predicted molar refractivity (Wildman–Crippen MR) is 133 cm³/mol. The van der Waals surface area contributed by atoms with Crippen LogP contribution in [-0.4, -0.2) is 38.7 Å². The van der Waals surface area contributed by atoms with Gasteiger partial charge < -0.3 is 10.6 Å². The maximum atomic E-state index is 11.5. The van der Waals surface area contributed by atoms with Crippen LogP contribution in [0.5, 0.6) is 0 Å². The number of aromatic nitrogens is 1. The van der Waals surface area contributed by atoms with E-state index in [9.17, 15) is 8.42 Å². The molecule has 8 heteroatoms. The first-order valence-electron chi connectivity index (χ1n) is 9.61. The molecule has 0 unspecified atom stereocenters. The number of hydrogen-bond acceptors (Lipinski definition) is 4. The Morgan fingerprint density at radius 1 is 1.03 bits per heavy atom. The standard InChI is InChI=1S/C22H26N4O2S.HI/c1-3-23-22(25-14-12-17-8-10-19(11-9-17)29(2,27)28)26-16-21-20-7-5-4-6-18(20)13-15-24-21;/h4-11,13,15H,3,12,14,16H2,1-2H3,(H2,23,25,26);1H. The van der Waals surface area contributed by atoms with Gasteiger partial charge in [-0.2, -0.15) is 0 Å². The van der Waals surface area contributed by atoms with E-state index in [0.29, 0.717) is 18.0 Å². The number of sulfone groups is 1. The molecule has 0 aliphatic rings. The van der Waals surface area contributed by atoms with Crippen molar-refractivity contribution in [3.8, 4) is 0 Å². The third kappa shape index (κ3) is 6.66. The average molecular weight is 538 g/mol. The lowest BCUT2D eigenvalue weighted by Crippen LogP contribution is -2.38. The topological polar surface area (TPSA) is 83.4 Å². The maximum Gasteiger partial charge on any atom is 0.191 e. The number of pyridine rings is 1. The molecule has 3 aromatic rings. The molecule has 0 fully saturated rings. The minimum absolute atomic E-state index is 0. The lowest BCUT2D eigenvalue weighted by Gasteiger charge is -2.12. The van der Waals surface area contributed by atoms with Gasteiger partial charge in [-0.15, -0.1) is 24.0 Å². The molecule has 0 aliphatic carbocycles. The van der Waals surface area contributed by atoms with Crippen LogP contribution >= 0.6 is 24.0 Å². The van der Waals surface area contributed by atoms with E-state index in [1.165, 1.54) is 6.26 Å². The van der Waals surface area contributed by atoms with Crippen molar-refractivity contribution in [1.82, 2.24) is 15.6 Å². The molecule has 6 nitrogen and oxygen atoms in total. The Hall–Kier alpha value is -2.20. The fourth-order valence-corrected chi connectivity index (χ4v) is 3.66. The third-order valence-electron chi connectivity index (χ3n) is 4.54. The molecule has 1 aromatic heterocycles. The van der Waals surface area contributed by atoms with Crippen LogP contribution in [0.1, 0.15) is 18.2 Å². The molecule has 1 heterocycles. The van der Waals surface area contributed by atoms with E-state index in [-0.39, 0.29) is 24.0 Å². The summed E-state index contributed by atoms with van der Waals surface area (Å²) in [7, 11) is -3.16. The summed E-state index contributed by atoms with van der Waals surface area (Å²) in [5.74, 6) is 0.731. The quantitative estimate of drug-likeness (QED) is 0.273.